The van der Waals surface area contributed by atoms with E-state index in [1.54, 1.807) is 0 Å². The zero-order valence-electron chi connectivity index (χ0n) is 18.7. The molecule has 2 aliphatic carbocycles. The van der Waals surface area contributed by atoms with E-state index in [1.807, 2.05) is 13.8 Å². The number of rotatable bonds is 8. The van der Waals surface area contributed by atoms with Gasteiger partial charge in [-0.1, -0.05) is 13.8 Å². The van der Waals surface area contributed by atoms with Gasteiger partial charge >= 0.3 is 0 Å². The first-order chi connectivity index (χ1) is 14.5. The van der Waals surface area contributed by atoms with Crippen molar-refractivity contribution in [1.82, 2.24) is 9.21 Å². The average molecular weight is 477 g/mol. The molecule has 0 amide bonds. The molecule has 0 aromatic rings. The van der Waals surface area contributed by atoms with Crippen LogP contribution in [0.15, 0.2) is 0 Å². The highest BCUT2D eigenvalue weighted by Crippen LogP contribution is 2.64. The lowest BCUT2D eigenvalue weighted by Gasteiger charge is -2.39. The number of sulfone groups is 1. The zero-order chi connectivity index (χ0) is 22.5. The van der Waals surface area contributed by atoms with Crippen LogP contribution in [0.3, 0.4) is 0 Å². The summed E-state index contributed by atoms with van der Waals surface area (Å²) in [7, 11) is -7.01. The van der Waals surface area contributed by atoms with E-state index in [4.69, 9.17) is 4.74 Å². The molecule has 0 aromatic heterocycles. The summed E-state index contributed by atoms with van der Waals surface area (Å²) in [5.74, 6) is 0.0549. The molecule has 2 saturated heterocycles. The van der Waals surface area contributed by atoms with Crippen LogP contribution < -0.4 is 0 Å². The summed E-state index contributed by atoms with van der Waals surface area (Å²) >= 11 is 0. The first kappa shape index (κ1) is 23.6. The van der Waals surface area contributed by atoms with Crippen LogP contribution in [0.4, 0.5) is 0 Å². The topological polar surface area (TPSA) is 101 Å². The van der Waals surface area contributed by atoms with Gasteiger partial charge in [0, 0.05) is 37.5 Å². The van der Waals surface area contributed by atoms with E-state index in [1.165, 1.54) is 4.31 Å². The monoisotopic (exact) mass is 476 g/mol. The molecule has 3 unspecified atom stereocenters. The maximum absolute atomic E-state index is 13.7. The largest absolute Gasteiger partial charge is 0.379 e. The lowest BCUT2D eigenvalue weighted by Crippen LogP contribution is -2.50. The normalized spacial score (nSPS) is 35.3. The van der Waals surface area contributed by atoms with Gasteiger partial charge in [-0.25, -0.2) is 16.8 Å². The highest BCUT2D eigenvalue weighted by molar-refractivity contribution is 7.92. The highest BCUT2D eigenvalue weighted by atomic mass is 32.2. The second kappa shape index (κ2) is 8.34. The van der Waals surface area contributed by atoms with E-state index in [0.29, 0.717) is 45.4 Å². The first-order valence-electron chi connectivity index (χ1n) is 11.5. The zero-order valence-corrected chi connectivity index (χ0v) is 20.3. The standard InChI is InChI=1S/C21H36N2O6S2/c1-20(2)17-4-6-21(20,19(24)14-17)16-31(27,28)23(18-5-13-30(25,26)15-18)8-3-7-22-9-11-29-12-10-22/h17-18H,3-16H2,1-2H3. The smallest absolute Gasteiger partial charge is 0.215 e. The fourth-order valence-electron chi connectivity index (χ4n) is 6.33. The molecule has 0 aromatic carbocycles. The Morgan fingerprint density at radius 3 is 2.45 bits per heavy atom. The van der Waals surface area contributed by atoms with Crippen molar-refractivity contribution >= 4 is 25.6 Å². The number of hydrogen-bond acceptors (Lipinski definition) is 7. The molecular weight excluding hydrogens is 440 g/mol. The number of nitrogens with zero attached hydrogens (tertiary/aromatic N) is 2. The Kier molecular flexibility index (Phi) is 6.35. The number of ether oxygens (including phenoxy) is 1. The minimum absolute atomic E-state index is 0.0325. The van der Waals surface area contributed by atoms with Gasteiger partial charge in [-0.3, -0.25) is 9.69 Å². The van der Waals surface area contributed by atoms with Crippen molar-refractivity contribution in [2.24, 2.45) is 16.7 Å². The fourth-order valence-corrected chi connectivity index (χ4v) is 10.7. The molecule has 2 bridgehead atoms. The molecule has 4 aliphatic rings. The summed E-state index contributed by atoms with van der Waals surface area (Å²) in [5.41, 5.74) is -1.17. The van der Waals surface area contributed by atoms with Crippen LogP contribution in [0.5, 0.6) is 0 Å². The number of ketones is 1. The molecule has 4 rings (SSSR count). The molecule has 4 fully saturated rings. The van der Waals surface area contributed by atoms with Crippen LogP contribution >= 0.6 is 0 Å². The lowest BCUT2D eigenvalue weighted by atomic mass is 9.70. The summed E-state index contributed by atoms with van der Waals surface area (Å²) in [5, 5.41) is 0. The van der Waals surface area contributed by atoms with Gasteiger partial charge in [0.25, 0.3) is 0 Å². The molecule has 0 N–H and O–H groups in total. The van der Waals surface area contributed by atoms with Crippen LogP contribution in [0, 0.1) is 16.7 Å². The third kappa shape index (κ3) is 4.35. The van der Waals surface area contributed by atoms with Crippen LogP contribution in [0.25, 0.3) is 0 Å². The van der Waals surface area contributed by atoms with Crippen molar-refractivity contribution in [1.29, 1.82) is 0 Å². The lowest BCUT2D eigenvalue weighted by molar-refractivity contribution is -0.128. The summed E-state index contributed by atoms with van der Waals surface area (Å²) in [6, 6.07) is -0.520. The Morgan fingerprint density at radius 2 is 1.90 bits per heavy atom. The van der Waals surface area contributed by atoms with E-state index < -0.39 is 31.3 Å². The first-order valence-corrected chi connectivity index (χ1v) is 14.9. The molecule has 178 valence electrons. The minimum atomic E-state index is -3.79. The third-order valence-corrected chi connectivity index (χ3v) is 12.3. The fraction of sp³-hybridized carbons (Fsp3) is 0.952. The maximum Gasteiger partial charge on any atom is 0.215 e. The van der Waals surface area contributed by atoms with Gasteiger partial charge in [-0.15, -0.1) is 0 Å². The van der Waals surface area contributed by atoms with Crippen LogP contribution in [-0.4, -0.2) is 94.5 Å². The van der Waals surface area contributed by atoms with Crippen molar-refractivity contribution < 1.29 is 26.4 Å². The highest BCUT2D eigenvalue weighted by Gasteiger charge is 2.65. The number of sulfonamides is 1. The molecule has 3 atom stereocenters. The Hall–Kier alpha value is -0.550. The Balaban J connectivity index is 1.52. The second-order valence-corrected chi connectivity index (χ2v) is 14.5. The number of carbonyl (C=O) groups is 1. The Morgan fingerprint density at radius 1 is 1.19 bits per heavy atom. The number of carbonyl (C=O) groups excluding carboxylic acids is 1. The van der Waals surface area contributed by atoms with Gasteiger partial charge in [0.1, 0.15) is 5.78 Å². The van der Waals surface area contributed by atoms with Crippen LogP contribution in [0.2, 0.25) is 0 Å². The van der Waals surface area contributed by atoms with Gasteiger partial charge in [-0.05, 0) is 43.6 Å². The van der Waals surface area contributed by atoms with E-state index in [2.05, 4.69) is 4.90 Å². The van der Waals surface area contributed by atoms with Crippen molar-refractivity contribution in [3.63, 3.8) is 0 Å². The predicted octanol–water partition coefficient (Wildman–Crippen LogP) is 0.923. The number of morpholine rings is 1. The van der Waals surface area contributed by atoms with Crippen molar-refractivity contribution in [3.8, 4) is 0 Å². The molecule has 0 radical (unpaired) electrons. The van der Waals surface area contributed by atoms with E-state index in [-0.39, 0.29) is 34.4 Å². The van der Waals surface area contributed by atoms with E-state index in [0.717, 1.165) is 26.1 Å². The molecule has 0 spiro atoms. The third-order valence-electron chi connectivity index (χ3n) is 8.50. The SMILES string of the molecule is CC1(C)C2CCC1(CS(=O)(=O)N(CCCN1CCOCC1)C1CCS(=O)(=O)C1)C(=O)C2. The van der Waals surface area contributed by atoms with Gasteiger partial charge < -0.3 is 4.74 Å². The van der Waals surface area contributed by atoms with Crippen LogP contribution in [0.1, 0.15) is 46.0 Å². The molecule has 8 nitrogen and oxygen atoms in total. The second-order valence-electron chi connectivity index (χ2n) is 10.4. The summed E-state index contributed by atoms with van der Waals surface area (Å²) in [6.45, 7) is 8.16. The molecule has 2 saturated carbocycles. The van der Waals surface area contributed by atoms with Crippen molar-refractivity contribution in [2.45, 2.75) is 52.0 Å². The Labute approximate surface area is 186 Å². The summed E-state index contributed by atoms with van der Waals surface area (Å²) < 4.78 is 58.5. The van der Waals surface area contributed by atoms with Crippen molar-refractivity contribution in [3.05, 3.63) is 0 Å². The van der Waals surface area contributed by atoms with Gasteiger partial charge in [0.2, 0.25) is 10.0 Å². The van der Waals surface area contributed by atoms with Crippen LogP contribution in [-0.2, 0) is 29.4 Å². The van der Waals surface area contributed by atoms with E-state index >= 15 is 0 Å². The predicted molar refractivity (Wildman–Crippen MR) is 118 cm³/mol. The molecular formula is C21H36N2O6S2. The van der Waals surface area contributed by atoms with Gasteiger partial charge in [0.05, 0.1) is 30.5 Å². The molecule has 31 heavy (non-hydrogen) atoms. The minimum Gasteiger partial charge on any atom is -0.379 e. The quantitative estimate of drug-likeness (QED) is 0.513. The maximum atomic E-state index is 13.7. The molecule has 2 aliphatic heterocycles. The molecule has 10 heteroatoms. The van der Waals surface area contributed by atoms with Gasteiger partial charge in [-0.2, -0.15) is 4.31 Å². The van der Waals surface area contributed by atoms with Gasteiger partial charge in [0.15, 0.2) is 9.84 Å². The summed E-state index contributed by atoms with van der Waals surface area (Å²) in [6.07, 6.45) is 2.96. The summed E-state index contributed by atoms with van der Waals surface area (Å²) in [4.78, 5) is 15.2. The number of fused-ring (bicyclic) bond motifs is 2. The number of hydrogen-bond donors (Lipinski definition) is 0. The Bertz CT molecular complexity index is 910. The van der Waals surface area contributed by atoms with Crippen molar-refractivity contribution in [2.75, 3.05) is 56.7 Å². The average Bonchev–Trinajstić information content (AvgIpc) is 3.22. The number of Topliss-reactive ketones (excluding diaryl/α,β-unsaturated/α-hetero) is 1. The molecule has 2 heterocycles. The van der Waals surface area contributed by atoms with E-state index in [9.17, 15) is 21.6 Å².